The van der Waals surface area contributed by atoms with Crippen LogP contribution in [0.4, 0.5) is 0 Å². The highest BCUT2D eigenvalue weighted by atomic mass is 16.6. The van der Waals surface area contributed by atoms with Crippen LogP contribution in [0.1, 0.15) is 23.7 Å². The number of carbonyl (C=O) groups is 3. The normalized spacial score (nSPS) is 11.3. The number of ether oxygens (including phenoxy) is 1. The summed E-state index contributed by atoms with van der Waals surface area (Å²) < 4.78 is 7.81. The van der Waals surface area contributed by atoms with Gasteiger partial charge in [-0.05, 0) is 24.1 Å². The number of oxime groups is 1. The molecule has 10 nitrogen and oxygen atoms in total. The van der Waals surface area contributed by atoms with E-state index in [0.717, 1.165) is 16.8 Å². The third kappa shape index (κ3) is 5.34. The van der Waals surface area contributed by atoms with Crippen molar-refractivity contribution in [3.05, 3.63) is 65.4 Å². The molecule has 3 rings (SSSR count). The van der Waals surface area contributed by atoms with Crippen LogP contribution in [0.2, 0.25) is 0 Å². The summed E-state index contributed by atoms with van der Waals surface area (Å²) in [5.74, 6) is -2.21. The molecule has 0 unspecified atom stereocenters. The molecular weight excluding hydrogens is 440 g/mol. The van der Waals surface area contributed by atoms with Gasteiger partial charge in [0.15, 0.2) is 12.3 Å². The Hall–Kier alpha value is -4.34. The van der Waals surface area contributed by atoms with Crippen molar-refractivity contribution < 1.29 is 29.1 Å². The molecule has 10 heteroatoms. The smallest absolute Gasteiger partial charge is 0.322 e. The second-order valence-electron chi connectivity index (χ2n) is 7.34. The summed E-state index contributed by atoms with van der Waals surface area (Å²) in [5, 5.41) is 15.4. The molecule has 2 amide bonds. The molecule has 1 heterocycles. The summed E-state index contributed by atoms with van der Waals surface area (Å²) in [5.41, 5.74) is 8.64. The number of fused-ring (bicyclic) bond motifs is 1. The van der Waals surface area contributed by atoms with Gasteiger partial charge in [-0.3, -0.25) is 14.4 Å². The van der Waals surface area contributed by atoms with Gasteiger partial charge in [-0.1, -0.05) is 48.5 Å². The van der Waals surface area contributed by atoms with Crippen LogP contribution in [-0.2, 0) is 32.2 Å². The average molecular weight is 466 g/mol. The van der Waals surface area contributed by atoms with Gasteiger partial charge in [0.25, 0.3) is 11.8 Å². The fraction of sp³-hybridized carbons (Fsp3) is 0.250. The van der Waals surface area contributed by atoms with E-state index in [-0.39, 0.29) is 5.71 Å². The van der Waals surface area contributed by atoms with Crippen LogP contribution in [0.25, 0.3) is 10.9 Å². The molecule has 0 bridgehead atoms. The number of primary amides is 1. The number of amides is 2. The second-order valence-corrected chi connectivity index (χ2v) is 7.34. The van der Waals surface area contributed by atoms with Crippen LogP contribution >= 0.6 is 0 Å². The predicted molar refractivity (Wildman–Crippen MR) is 126 cm³/mol. The largest absolute Gasteiger partial charge is 0.483 e. The van der Waals surface area contributed by atoms with Crippen molar-refractivity contribution in [1.29, 1.82) is 0 Å². The van der Waals surface area contributed by atoms with Crippen LogP contribution < -0.4 is 15.8 Å². The number of hydrogen-bond acceptors (Lipinski definition) is 6. The first-order valence-corrected chi connectivity index (χ1v) is 10.6. The Morgan fingerprint density at radius 2 is 1.85 bits per heavy atom. The first kappa shape index (κ1) is 24.3. The molecule has 0 aliphatic carbocycles. The van der Waals surface area contributed by atoms with Gasteiger partial charge in [0, 0.05) is 17.8 Å². The molecule has 0 fully saturated rings. The fourth-order valence-corrected chi connectivity index (χ4v) is 3.78. The maximum absolute atomic E-state index is 12.3. The van der Waals surface area contributed by atoms with Crippen molar-refractivity contribution >= 4 is 34.4 Å². The van der Waals surface area contributed by atoms with Crippen LogP contribution in [0.15, 0.2) is 53.7 Å². The van der Waals surface area contributed by atoms with Crippen LogP contribution in [0.3, 0.4) is 0 Å². The number of benzene rings is 2. The lowest BCUT2D eigenvalue weighted by Crippen LogP contribution is -2.33. The number of hydrogen-bond donors (Lipinski definition) is 3. The molecule has 0 spiro atoms. The lowest BCUT2D eigenvalue weighted by atomic mass is 10.0. The van der Waals surface area contributed by atoms with Gasteiger partial charge in [0.1, 0.15) is 19.4 Å². The van der Waals surface area contributed by atoms with Crippen molar-refractivity contribution in [2.24, 2.45) is 10.9 Å². The van der Waals surface area contributed by atoms with E-state index in [0.29, 0.717) is 29.7 Å². The Morgan fingerprint density at radius 1 is 1.12 bits per heavy atom. The fourth-order valence-electron chi connectivity index (χ4n) is 3.78. The molecule has 0 radical (unpaired) electrons. The number of carbonyl (C=O) groups excluding carboxylic acids is 2. The molecule has 1 aromatic heterocycles. The van der Waals surface area contributed by atoms with Gasteiger partial charge < -0.3 is 30.3 Å². The van der Waals surface area contributed by atoms with Gasteiger partial charge in [-0.2, -0.15) is 0 Å². The van der Waals surface area contributed by atoms with Crippen LogP contribution in [0, 0.1) is 0 Å². The Kier molecular flexibility index (Phi) is 7.86. The molecule has 4 N–H and O–H groups in total. The summed E-state index contributed by atoms with van der Waals surface area (Å²) in [6.45, 7) is 1.54. The summed E-state index contributed by atoms with van der Waals surface area (Å²) in [7, 11) is 1.32. The van der Waals surface area contributed by atoms with E-state index in [1.54, 1.807) is 12.1 Å². The molecule has 2 aromatic carbocycles. The Labute approximate surface area is 195 Å². The summed E-state index contributed by atoms with van der Waals surface area (Å²) in [6, 6.07) is 15.1. The van der Waals surface area contributed by atoms with E-state index in [1.165, 1.54) is 7.11 Å². The highest BCUT2D eigenvalue weighted by molar-refractivity contribution is 6.47. The molecule has 0 saturated carbocycles. The standard InChI is InChI=1S/C24H26N4O6/c1-3-16-22(23(24(25)32)27-33-2)21-17(28(16)13-15-8-5-4-6-9-15)10-7-11-18(21)34-14-19(29)26-12-20(30)31/h4-11H,3,12-14H2,1-2H3,(H2,25,32)(H,26,29)(H,30,31)/b27-23-. The number of aromatic nitrogens is 1. The van der Waals surface area contributed by atoms with Crippen LogP contribution in [-0.4, -0.2) is 53.4 Å². The van der Waals surface area contributed by atoms with Crippen molar-refractivity contribution in [2.75, 3.05) is 20.3 Å². The van der Waals surface area contributed by atoms with Gasteiger partial charge in [-0.15, -0.1) is 0 Å². The van der Waals surface area contributed by atoms with E-state index in [1.807, 2.05) is 47.9 Å². The van der Waals surface area contributed by atoms with Crippen molar-refractivity contribution in [2.45, 2.75) is 19.9 Å². The van der Waals surface area contributed by atoms with E-state index in [4.69, 9.17) is 20.4 Å². The number of nitrogens with one attached hydrogen (secondary N) is 1. The molecule has 178 valence electrons. The first-order chi connectivity index (χ1) is 16.4. The van der Waals surface area contributed by atoms with Gasteiger partial charge in [-0.25, -0.2) is 0 Å². The zero-order valence-electron chi connectivity index (χ0n) is 18.9. The van der Waals surface area contributed by atoms with Gasteiger partial charge in [0.05, 0.1) is 10.9 Å². The SMILES string of the molecule is CCc1c(/C(=N/OC)C(N)=O)c2c(OCC(=O)NCC(=O)O)cccc2n1Cc1ccccc1. The molecule has 34 heavy (non-hydrogen) atoms. The molecule has 0 aliphatic heterocycles. The van der Waals surface area contributed by atoms with Gasteiger partial charge >= 0.3 is 5.97 Å². The molecule has 0 saturated heterocycles. The topological polar surface area (TPSA) is 145 Å². The summed E-state index contributed by atoms with van der Waals surface area (Å²) in [6.07, 6.45) is 0.547. The minimum Gasteiger partial charge on any atom is -0.483 e. The van der Waals surface area contributed by atoms with Crippen molar-refractivity contribution in [3.8, 4) is 5.75 Å². The quantitative estimate of drug-likeness (QED) is 0.289. The van der Waals surface area contributed by atoms with Crippen molar-refractivity contribution in [3.63, 3.8) is 0 Å². The summed E-state index contributed by atoms with van der Waals surface area (Å²) >= 11 is 0. The number of carboxylic acids is 1. The predicted octanol–water partition coefficient (Wildman–Crippen LogP) is 1.67. The Morgan fingerprint density at radius 3 is 2.47 bits per heavy atom. The Balaban J connectivity index is 2.17. The van der Waals surface area contributed by atoms with Gasteiger partial charge in [0.2, 0.25) is 0 Å². The zero-order valence-corrected chi connectivity index (χ0v) is 18.9. The third-order valence-electron chi connectivity index (χ3n) is 5.13. The van der Waals surface area contributed by atoms with E-state index < -0.39 is 30.9 Å². The third-order valence-corrected chi connectivity index (χ3v) is 5.13. The number of carboxylic acid groups (broad SMARTS) is 1. The van der Waals surface area contributed by atoms with E-state index in [9.17, 15) is 14.4 Å². The first-order valence-electron chi connectivity index (χ1n) is 10.6. The summed E-state index contributed by atoms with van der Waals surface area (Å²) in [4.78, 5) is 40.0. The molecular formula is C24H26N4O6. The molecule has 0 aliphatic rings. The van der Waals surface area contributed by atoms with E-state index in [2.05, 4.69) is 10.5 Å². The minimum atomic E-state index is -1.16. The number of aliphatic carboxylic acids is 1. The second kappa shape index (κ2) is 11.0. The number of nitrogens with two attached hydrogens (primary N) is 1. The van der Waals surface area contributed by atoms with E-state index >= 15 is 0 Å². The Bertz CT molecular complexity index is 1230. The maximum atomic E-state index is 12.3. The monoisotopic (exact) mass is 466 g/mol. The highest BCUT2D eigenvalue weighted by Crippen LogP contribution is 2.35. The molecule has 0 atom stereocenters. The maximum Gasteiger partial charge on any atom is 0.322 e. The van der Waals surface area contributed by atoms with Crippen LogP contribution in [0.5, 0.6) is 5.75 Å². The zero-order chi connectivity index (χ0) is 24.7. The number of rotatable bonds is 11. The molecule has 3 aromatic rings. The minimum absolute atomic E-state index is 0.0671. The average Bonchev–Trinajstić information content (AvgIpc) is 3.13. The number of nitrogens with zero attached hydrogens (tertiary/aromatic N) is 2. The highest BCUT2D eigenvalue weighted by Gasteiger charge is 2.27. The lowest BCUT2D eigenvalue weighted by Gasteiger charge is -2.11. The van der Waals surface area contributed by atoms with Crippen molar-refractivity contribution in [1.82, 2.24) is 9.88 Å². The lowest BCUT2D eigenvalue weighted by molar-refractivity contribution is -0.138.